The first kappa shape index (κ1) is 14.8. The monoisotopic (exact) mass is 279 g/mol. The number of methoxy groups -OCH3 is 2. The predicted molar refractivity (Wildman–Crippen MR) is 74.6 cm³/mol. The lowest BCUT2D eigenvalue weighted by Crippen LogP contribution is -2.27. The lowest BCUT2D eigenvalue weighted by Gasteiger charge is -2.17. The second-order valence-electron chi connectivity index (χ2n) is 4.87. The third-order valence-electron chi connectivity index (χ3n) is 3.57. The molecule has 0 saturated carbocycles. The number of hydrogen-bond acceptors (Lipinski definition) is 5. The van der Waals surface area contributed by atoms with Crippen LogP contribution in [0, 0.1) is 0 Å². The summed E-state index contributed by atoms with van der Waals surface area (Å²) in [5.74, 6) is 0.644. The first-order valence-electron chi connectivity index (χ1n) is 6.77. The van der Waals surface area contributed by atoms with E-state index in [2.05, 4.69) is 4.74 Å². The fraction of sp³-hybridized carbons (Fsp3) is 0.533. The van der Waals surface area contributed by atoms with Gasteiger partial charge in [-0.05, 0) is 24.5 Å². The standard InChI is InChI=1S/C15H21NO4/c1-18-13-6-3-5-10-11(13)9-12(16)15(10)20-8-4-7-14(17)19-2/h3,5-6,12,15H,4,7-9,16H2,1-2H3. The van der Waals surface area contributed by atoms with E-state index in [-0.39, 0.29) is 18.1 Å². The minimum absolute atomic E-state index is 0.0700. The molecule has 5 heteroatoms. The quantitative estimate of drug-likeness (QED) is 0.632. The van der Waals surface area contributed by atoms with Gasteiger partial charge in [0.25, 0.3) is 0 Å². The van der Waals surface area contributed by atoms with Crippen molar-refractivity contribution in [3.8, 4) is 5.75 Å². The van der Waals surface area contributed by atoms with E-state index in [4.69, 9.17) is 15.2 Å². The van der Waals surface area contributed by atoms with Crippen LogP contribution in [0.5, 0.6) is 5.75 Å². The lowest BCUT2D eigenvalue weighted by atomic mass is 10.1. The lowest BCUT2D eigenvalue weighted by molar-refractivity contribution is -0.141. The summed E-state index contributed by atoms with van der Waals surface area (Å²) in [5, 5.41) is 0. The van der Waals surface area contributed by atoms with Crippen molar-refractivity contribution in [1.82, 2.24) is 0 Å². The van der Waals surface area contributed by atoms with Crippen molar-refractivity contribution in [3.63, 3.8) is 0 Å². The maximum atomic E-state index is 11.0. The van der Waals surface area contributed by atoms with Crippen LogP contribution in [0.1, 0.15) is 30.1 Å². The number of rotatable bonds is 6. The average Bonchev–Trinajstić information content (AvgIpc) is 2.79. The molecule has 0 saturated heterocycles. The molecule has 1 aromatic carbocycles. The van der Waals surface area contributed by atoms with Gasteiger partial charge >= 0.3 is 5.97 Å². The third kappa shape index (κ3) is 3.11. The van der Waals surface area contributed by atoms with Crippen molar-refractivity contribution < 1.29 is 19.0 Å². The van der Waals surface area contributed by atoms with Crippen molar-refractivity contribution in [2.24, 2.45) is 5.73 Å². The highest BCUT2D eigenvalue weighted by molar-refractivity contribution is 5.69. The maximum Gasteiger partial charge on any atom is 0.305 e. The molecule has 2 N–H and O–H groups in total. The number of benzene rings is 1. The zero-order chi connectivity index (χ0) is 14.5. The van der Waals surface area contributed by atoms with Gasteiger partial charge in [-0.3, -0.25) is 4.79 Å². The van der Waals surface area contributed by atoms with E-state index < -0.39 is 0 Å². The number of carbonyl (C=O) groups excluding carboxylic acids is 1. The van der Waals surface area contributed by atoms with Crippen LogP contribution in [0.2, 0.25) is 0 Å². The minimum atomic E-state index is -0.216. The molecule has 5 nitrogen and oxygen atoms in total. The number of fused-ring (bicyclic) bond motifs is 1. The molecule has 110 valence electrons. The van der Waals surface area contributed by atoms with Crippen LogP contribution in [0.25, 0.3) is 0 Å². The molecule has 2 atom stereocenters. The fourth-order valence-corrected chi connectivity index (χ4v) is 2.57. The molecule has 0 bridgehead atoms. The summed E-state index contributed by atoms with van der Waals surface area (Å²) in [5.41, 5.74) is 8.37. The number of esters is 1. The second-order valence-corrected chi connectivity index (χ2v) is 4.87. The van der Waals surface area contributed by atoms with Crippen LogP contribution < -0.4 is 10.5 Å². The molecule has 2 rings (SSSR count). The molecule has 0 radical (unpaired) electrons. The topological polar surface area (TPSA) is 70.8 Å². The molecule has 0 amide bonds. The van der Waals surface area contributed by atoms with E-state index in [1.54, 1.807) is 7.11 Å². The van der Waals surface area contributed by atoms with Crippen LogP contribution >= 0.6 is 0 Å². The Balaban J connectivity index is 1.95. The smallest absolute Gasteiger partial charge is 0.305 e. The Kier molecular flexibility index (Phi) is 4.98. The number of nitrogens with two attached hydrogens (primary N) is 1. The summed E-state index contributed by atoms with van der Waals surface area (Å²) in [6, 6.07) is 5.83. The van der Waals surface area contributed by atoms with Gasteiger partial charge in [-0.2, -0.15) is 0 Å². The largest absolute Gasteiger partial charge is 0.496 e. The molecule has 0 heterocycles. The first-order chi connectivity index (χ1) is 9.67. The van der Waals surface area contributed by atoms with Crippen molar-refractivity contribution in [3.05, 3.63) is 29.3 Å². The summed E-state index contributed by atoms with van der Waals surface area (Å²) in [6.07, 6.45) is 1.62. The van der Waals surface area contributed by atoms with E-state index in [1.807, 2.05) is 18.2 Å². The highest BCUT2D eigenvalue weighted by Gasteiger charge is 2.32. The fourth-order valence-electron chi connectivity index (χ4n) is 2.57. The molecular weight excluding hydrogens is 258 g/mol. The van der Waals surface area contributed by atoms with Gasteiger partial charge in [-0.15, -0.1) is 0 Å². The van der Waals surface area contributed by atoms with E-state index >= 15 is 0 Å². The second kappa shape index (κ2) is 6.72. The van der Waals surface area contributed by atoms with Gasteiger partial charge in [-0.25, -0.2) is 0 Å². The van der Waals surface area contributed by atoms with Gasteiger partial charge in [0.05, 0.1) is 20.3 Å². The van der Waals surface area contributed by atoms with Crippen molar-refractivity contribution >= 4 is 5.97 Å². The van der Waals surface area contributed by atoms with Gasteiger partial charge in [0.15, 0.2) is 0 Å². The summed E-state index contributed by atoms with van der Waals surface area (Å²) in [6.45, 7) is 0.490. The summed E-state index contributed by atoms with van der Waals surface area (Å²) in [4.78, 5) is 11.0. The molecule has 0 aromatic heterocycles. The molecular formula is C15H21NO4. The first-order valence-corrected chi connectivity index (χ1v) is 6.77. The van der Waals surface area contributed by atoms with Crippen LogP contribution in [-0.4, -0.2) is 32.8 Å². The van der Waals surface area contributed by atoms with Crippen molar-refractivity contribution in [1.29, 1.82) is 0 Å². The molecule has 1 aliphatic carbocycles. The van der Waals surface area contributed by atoms with Gasteiger partial charge in [-0.1, -0.05) is 12.1 Å². The SMILES string of the molecule is COC(=O)CCCOC1c2cccc(OC)c2CC1N. The molecule has 1 aliphatic rings. The van der Waals surface area contributed by atoms with Crippen molar-refractivity contribution in [2.75, 3.05) is 20.8 Å². The van der Waals surface area contributed by atoms with Crippen LogP contribution in [0.15, 0.2) is 18.2 Å². The Morgan fingerprint density at radius 1 is 1.40 bits per heavy atom. The highest BCUT2D eigenvalue weighted by atomic mass is 16.5. The minimum Gasteiger partial charge on any atom is -0.496 e. The van der Waals surface area contributed by atoms with Gasteiger partial charge in [0.2, 0.25) is 0 Å². The number of ether oxygens (including phenoxy) is 3. The summed E-state index contributed by atoms with van der Waals surface area (Å²) >= 11 is 0. The molecule has 0 aliphatic heterocycles. The van der Waals surface area contributed by atoms with E-state index in [0.29, 0.717) is 19.4 Å². The zero-order valence-corrected chi connectivity index (χ0v) is 11.9. The molecule has 0 spiro atoms. The van der Waals surface area contributed by atoms with Crippen LogP contribution in [0.3, 0.4) is 0 Å². The Morgan fingerprint density at radius 2 is 2.20 bits per heavy atom. The van der Waals surface area contributed by atoms with E-state index in [1.165, 1.54) is 7.11 Å². The molecule has 2 unspecified atom stereocenters. The molecule has 20 heavy (non-hydrogen) atoms. The van der Waals surface area contributed by atoms with E-state index in [9.17, 15) is 4.79 Å². The predicted octanol–water partition coefficient (Wildman–Crippen LogP) is 1.59. The average molecular weight is 279 g/mol. The Bertz CT molecular complexity index is 475. The summed E-state index contributed by atoms with van der Waals surface area (Å²) in [7, 11) is 3.05. The Labute approximate surface area is 119 Å². The van der Waals surface area contributed by atoms with Crippen molar-refractivity contribution in [2.45, 2.75) is 31.4 Å². The third-order valence-corrected chi connectivity index (χ3v) is 3.57. The van der Waals surface area contributed by atoms with Gasteiger partial charge < -0.3 is 19.9 Å². The molecule has 0 fully saturated rings. The van der Waals surface area contributed by atoms with Gasteiger partial charge in [0.1, 0.15) is 5.75 Å². The normalized spacial score (nSPS) is 20.6. The van der Waals surface area contributed by atoms with Crippen LogP contribution in [-0.2, 0) is 20.7 Å². The van der Waals surface area contributed by atoms with Crippen LogP contribution in [0.4, 0.5) is 0 Å². The van der Waals surface area contributed by atoms with Gasteiger partial charge in [0, 0.05) is 24.6 Å². The number of carbonyl (C=O) groups is 1. The number of hydrogen-bond donors (Lipinski definition) is 1. The van der Waals surface area contributed by atoms with E-state index in [0.717, 1.165) is 23.3 Å². The molecule has 1 aromatic rings. The zero-order valence-electron chi connectivity index (χ0n) is 11.9. The maximum absolute atomic E-state index is 11.0. The Hall–Kier alpha value is -1.59. The summed E-state index contributed by atoms with van der Waals surface area (Å²) < 4.78 is 15.8. The highest BCUT2D eigenvalue weighted by Crippen LogP contribution is 2.38. The Morgan fingerprint density at radius 3 is 2.90 bits per heavy atom.